The molecule has 1 saturated heterocycles. The van der Waals surface area contributed by atoms with Crippen LogP contribution in [0.3, 0.4) is 0 Å². The molecule has 5 nitrogen and oxygen atoms in total. The lowest BCUT2D eigenvalue weighted by molar-refractivity contribution is -0.134. The minimum atomic E-state index is -3.76. The van der Waals surface area contributed by atoms with Crippen molar-refractivity contribution >= 4 is 39.1 Å². The van der Waals surface area contributed by atoms with Gasteiger partial charge in [-0.1, -0.05) is 60.5 Å². The van der Waals surface area contributed by atoms with Gasteiger partial charge in [-0.05, 0) is 30.2 Å². The number of hydrogen-bond donors (Lipinski definition) is 0. The number of hydrogen-bond acceptors (Lipinski definition) is 3. The quantitative estimate of drug-likeness (QED) is 0.705. The van der Waals surface area contributed by atoms with Crippen LogP contribution < -0.4 is 0 Å². The van der Waals surface area contributed by atoms with Crippen LogP contribution in [-0.2, 0) is 14.8 Å². The second kappa shape index (κ2) is 8.82. The fraction of sp³-hybridized carbons (Fsp3) is 0.350. The predicted molar refractivity (Wildman–Crippen MR) is 111 cm³/mol. The zero-order valence-corrected chi connectivity index (χ0v) is 17.8. The maximum absolute atomic E-state index is 13.0. The molecule has 2 aromatic rings. The zero-order valence-electron chi connectivity index (χ0n) is 15.5. The van der Waals surface area contributed by atoms with Gasteiger partial charge >= 0.3 is 0 Å². The number of halogens is 2. The van der Waals surface area contributed by atoms with E-state index in [2.05, 4.69) is 0 Å². The van der Waals surface area contributed by atoms with Crippen molar-refractivity contribution in [2.24, 2.45) is 0 Å². The summed E-state index contributed by atoms with van der Waals surface area (Å²) in [4.78, 5) is 14.7. The Morgan fingerprint density at radius 1 is 1.04 bits per heavy atom. The summed E-state index contributed by atoms with van der Waals surface area (Å²) in [5.74, 6) is -0.182. The van der Waals surface area contributed by atoms with Gasteiger partial charge in [-0.2, -0.15) is 4.31 Å². The monoisotopic (exact) mass is 440 g/mol. The molecule has 3 rings (SSSR count). The summed E-state index contributed by atoms with van der Waals surface area (Å²) >= 11 is 12.0. The van der Waals surface area contributed by atoms with Crippen LogP contribution in [-0.4, -0.2) is 49.7 Å². The molecule has 1 amide bonds. The molecule has 1 unspecified atom stereocenters. The van der Waals surface area contributed by atoms with Crippen molar-refractivity contribution in [1.82, 2.24) is 9.21 Å². The first-order valence-electron chi connectivity index (χ1n) is 9.13. The van der Waals surface area contributed by atoms with Crippen LogP contribution in [0.1, 0.15) is 24.8 Å². The third-order valence-corrected chi connectivity index (χ3v) is 7.58. The van der Waals surface area contributed by atoms with E-state index in [0.717, 1.165) is 5.56 Å². The fourth-order valence-corrected chi connectivity index (χ4v) is 5.58. The summed E-state index contributed by atoms with van der Waals surface area (Å²) in [6, 6.07) is 14.1. The number of amides is 1. The number of rotatable bonds is 5. The van der Waals surface area contributed by atoms with Crippen molar-refractivity contribution in [2.75, 3.05) is 26.2 Å². The number of piperazine rings is 1. The average Bonchev–Trinajstić information content (AvgIpc) is 2.71. The Bertz CT molecular complexity index is 943. The molecule has 28 heavy (non-hydrogen) atoms. The van der Waals surface area contributed by atoms with Crippen LogP contribution in [0.4, 0.5) is 0 Å². The Hall–Kier alpha value is -1.60. The van der Waals surface area contributed by atoms with E-state index in [1.165, 1.54) is 16.4 Å². The van der Waals surface area contributed by atoms with Crippen molar-refractivity contribution in [3.05, 3.63) is 64.1 Å². The first-order valence-corrected chi connectivity index (χ1v) is 11.3. The van der Waals surface area contributed by atoms with Crippen LogP contribution in [0, 0.1) is 0 Å². The summed E-state index contributed by atoms with van der Waals surface area (Å²) in [6.45, 7) is 3.13. The van der Waals surface area contributed by atoms with E-state index in [-0.39, 0.29) is 34.8 Å². The topological polar surface area (TPSA) is 57.7 Å². The molecular weight excluding hydrogens is 419 g/mol. The summed E-state index contributed by atoms with van der Waals surface area (Å²) in [7, 11) is -3.76. The van der Waals surface area contributed by atoms with Gasteiger partial charge in [0.1, 0.15) is 4.90 Å². The number of sulfonamides is 1. The number of nitrogens with zero attached hydrogens (tertiary/aromatic N) is 2. The van der Waals surface area contributed by atoms with E-state index in [0.29, 0.717) is 24.5 Å². The van der Waals surface area contributed by atoms with Crippen LogP contribution in [0.15, 0.2) is 53.4 Å². The molecule has 150 valence electrons. The molecule has 0 saturated carbocycles. The molecule has 1 heterocycles. The molecule has 8 heteroatoms. The molecule has 0 aromatic heterocycles. The maximum Gasteiger partial charge on any atom is 0.244 e. The van der Waals surface area contributed by atoms with Gasteiger partial charge in [0.25, 0.3) is 0 Å². The normalized spacial score (nSPS) is 16.8. The minimum Gasteiger partial charge on any atom is -0.340 e. The predicted octanol–water partition coefficient (Wildman–Crippen LogP) is 4.02. The van der Waals surface area contributed by atoms with Crippen molar-refractivity contribution in [1.29, 1.82) is 0 Å². The van der Waals surface area contributed by atoms with E-state index < -0.39 is 10.0 Å². The van der Waals surface area contributed by atoms with Gasteiger partial charge in [0.15, 0.2) is 0 Å². The molecule has 0 radical (unpaired) electrons. The van der Waals surface area contributed by atoms with Gasteiger partial charge in [0.2, 0.25) is 15.9 Å². The highest BCUT2D eigenvalue weighted by atomic mass is 35.5. The largest absolute Gasteiger partial charge is 0.340 e. The Morgan fingerprint density at radius 3 is 2.29 bits per heavy atom. The van der Waals surface area contributed by atoms with Gasteiger partial charge < -0.3 is 4.90 Å². The maximum atomic E-state index is 13.0. The van der Waals surface area contributed by atoms with Crippen molar-refractivity contribution < 1.29 is 13.2 Å². The molecule has 1 fully saturated rings. The Balaban J connectivity index is 1.71. The molecule has 2 aromatic carbocycles. The summed E-state index contributed by atoms with van der Waals surface area (Å²) in [5, 5.41) is 0.448. The van der Waals surface area contributed by atoms with Crippen molar-refractivity contribution in [2.45, 2.75) is 24.2 Å². The third-order valence-electron chi connectivity index (χ3n) is 4.97. The molecule has 0 spiro atoms. The number of carbonyl (C=O) groups excluding carboxylic acids is 1. The van der Waals surface area contributed by atoms with Gasteiger partial charge in [0, 0.05) is 31.2 Å². The van der Waals surface area contributed by atoms with Crippen LogP contribution in [0.2, 0.25) is 10.0 Å². The SMILES string of the molecule is CCC(C(=O)N1CCN(S(=O)(=O)c2cc(Cl)ccc2Cl)CC1)c1ccccc1. The number of benzene rings is 2. The van der Waals surface area contributed by atoms with E-state index in [4.69, 9.17) is 23.2 Å². The molecular formula is C20H22Cl2N2O3S. The highest BCUT2D eigenvalue weighted by Gasteiger charge is 2.33. The van der Waals surface area contributed by atoms with Crippen molar-refractivity contribution in [3.8, 4) is 0 Å². The first-order chi connectivity index (χ1) is 13.3. The standard InChI is InChI=1S/C20H22Cl2N2O3S/c1-2-17(15-6-4-3-5-7-15)20(25)23-10-12-24(13-11-23)28(26,27)19-14-16(21)8-9-18(19)22/h3-9,14,17H,2,10-13H2,1H3. The van der Waals surface area contributed by atoms with Crippen LogP contribution in [0.25, 0.3) is 0 Å². The molecule has 1 aliphatic rings. The first kappa shape index (κ1) is 21.1. The van der Waals surface area contributed by atoms with Gasteiger partial charge in [0.05, 0.1) is 10.9 Å². The van der Waals surface area contributed by atoms with Gasteiger partial charge in [-0.15, -0.1) is 0 Å². The van der Waals surface area contributed by atoms with Gasteiger partial charge in [-0.3, -0.25) is 4.79 Å². The Kier molecular flexibility index (Phi) is 6.65. The molecule has 1 atom stereocenters. The smallest absolute Gasteiger partial charge is 0.244 e. The summed E-state index contributed by atoms with van der Waals surface area (Å²) in [6.07, 6.45) is 0.694. The lowest BCUT2D eigenvalue weighted by atomic mass is 9.95. The fourth-order valence-electron chi connectivity index (χ4n) is 3.42. The highest BCUT2D eigenvalue weighted by Crippen LogP contribution is 2.29. The second-order valence-corrected chi connectivity index (χ2v) is 9.43. The van der Waals surface area contributed by atoms with E-state index in [1.807, 2.05) is 37.3 Å². The lowest BCUT2D eigenvalue weighted by Crippen LogP contribution is -2.51. The lowest BCUT2D eigenvalue weighted by Gasteiger charge is -2.36. The summed E-state index contributed by atoms with van der Waals surface area (Å²) < 4.78 is 27.2. The Labute approximate surface area is 175 Å². The molecule has 0 N–H and O–H groups in total. The zero-order chi connectivity index (χ0) is 20.3. The van der Waals surface area contributed by atoms with Crippen LogP contribution >= 0.6 is 23.2 Å². The summed E-state index contributed by atoms with van der Waals surface area (Å²) in [5.41, 5.74) is 0.982. The molecule has 0 bridgehead atoms. The number of carbonyl (C=O) groups is 1. The molecule has 0 aliphatic carbocycles. The second-order valence-electron chi connectivity index (χ2n) is 6.68. The average molecular weight is 441 g/mol. The van der Waals surface area contributed by atoms with Crippen molar-refractivity contribution in [3.63, 3.8) is 0 Å². The Morgan fingerprint density at radius 2 is 1.68 bits per heavy atom. The molecule has 1 aliphatic heterocycles. The van der Waals surface area contributed by atoms with E-state index in [9.17, 15) is 13.2 Å². The van der Waals surface area contributed by atoms with Crippen LogP contribution in [0.5, 0.6) is 0 Å². The van der Waals surface area contributed by atoms with Gasteiger partial charge in [-0.25, -0.2) is 8.42 Å². The van der Waals surface area contributed by atoms with E-state index in [1.54, 1.807) is 11.0 Å². The van der Waals surface area contributed by atoms with E-state index >= 15 is 0 Å². The minimum absolute atomic E-state index is 0.00263. The highest BCUT2D eigenvalue weighted by molar-refractivity contribution is 7.89. The third kappa shape index (κ3) is 4.35.